The van der Waals surface area contributed by atoms with Gasteiger partial charge in [0.05, 0.1) is 24.3 Å². The fraction of sp³-hybridized carbons (Fsp3) is 0.917. The lowest BCUT2D eigenvalue weighted by atomic mass is 9.98. The zero-order chi connectivity index (χ0) is 12.5. The zero-order valence-corrected chi connectivity index (χ0v) is 10.4. The molecule has 0 aromatic heterocycles. The molecule has 0 spiro atoms. The highest BCUT2D eigenvalue weighted by Gasteiger charge is 2.39. The van der Waals surface area contributed by atoms with E-state index in [1.807, 2.05) is 11.9 Å². The van der Waals surface area contributed by atoms with Gasteiger partial charge in [0.1, 0.15) is 0 Å². The average Bonchev–Trinajstić information content (AvgIpc) is 2.86. The van der Waals surface area contributed by atoms with Crippen LogP contribution in [-0.2, 0) is 4.79 Å². The van der Waals surface area contributed by atoms with Gasteiger partial charge in [0.25, 0.3) is 0 Å². The minimum Gasteiger partial charge on any atom is -0.394 e. The quantitative estimate of drug-likeness (QED) is 0.622. The van der Waals surface area contributed by atoms with Gasteiger partial charge in [-0.3, -0.25) is 9.69 Å². The summed E-state index contributed by atoms with van der Waals surface area (Å²) in [6, 6.07) is -0.256. The van der Waals surface area contributed by atoms with Crippen molar-refractivity contribution in [2.24, 2.45) is 0 Å². The lowest BCUT2D eigenvalue weighted by Gasteiger charge is -2.30. The second-order valence-corrected chi connectivity index (χ2v) is 5.48. The van der Waals surface area contributed by atoms with E-state index in [0.717, 1.165) is 25.7 Å². The molecule has 2 atom stereocenters. The Labute approximate surface area is 102 Å². The number of likely N-dealkylation sites (tertiary alicyclic amines) is 1. The summed E-state index contributed by atoms with van der Waals surface area (Å²) in [5.41, 5.74) is -0.411. The maximum absolute atomic E-state index is 12.1. The zero-order valence-electron chi connectivity index (χ0n) is 10.4. The summed E-state index contributed by atoms with van der Waals surface area (Å²) < 4.78 is 0. The first kappa shape index (κ1) is 12.8. The third kappa shape index (κ3) is 2.61. The Morgan fingerprint density at radius 2 is 2.12 bits per heavy atom. The largest absolute Gasteiger partial charge is 0.394 e. The van der Waals surface area contributed by atoms with Gasteiger partial charge in [0.2, 0.25) is 5.91 Å². The molecule has 1 unspecified atom stereocenters. The third-order valence-corrected chi connectivity index (χ3v) is 4.08. The van der Waals surface area contributed by atoms with Gasteiger partial charge in [-0.05, 0) is 26.3 Å². The monoisotopic (exact) mass is 242 g/mol. The first-order chi connectivity index (χ1) is 8.06. The average molecular weight is 242 g/mol. The minimum atomic E-state index is -0.413. The Kier molecular flexibility index (Phi) is 3.70. The van der Waals surface area contributed by atoms with Crippen LogP contribution < -0.4 is 5.32 Å². The summed E-state index contributed by atoms with van der Waals surface area (Å²) in [6.07, 6.45) is 3.91. The van der Waals surface area contributed by atoms with E-state index in [-0.39, 0.29) is 18.6 Å². The van der Waals surface area contributed by atoms with Crippen LogP contribution in [0.1, 0.15) is 32.1 Å². The normalized spacial score (nSPS) is 32.9. The highest BCUT2D eigenvalue weighted by atomic mass is 16.3. The van der Waals surface area contributed by atoms with Gasteiger partial charge in [-0.1, -0.05) is 12.8 Å². The summed E-state index contributed by atoms with van der Waals surface area (Å²) >= 11 is 0. The number of rotatable bonds is 3. The van der Waals surface area contributed by atoms with Crippen LogP contribution in [0, 0.1) is 0 Å². The second kappa shape index (κ2) is 4.92. The van der Waals surface area contributed by atoms with E-state index >= 15 is 0 Å². The number of aliphatic hydroxyl groups is 2. The van der Waals surface area contributed by atoms with Crippen LogP contribution in [0.3, 0.4) is 0 Å². The number of amides is 1. The maximum Gasteiger partial charge on any atom is 0.237 e. The van der Waals surface area contributed by atoms with Gasteiger partial charge in [0, 0.05) is 6.54 Å². The Morgan fingerprint density at radius 1 is 1.47 bits per heavy atom. The molecule has 1 heterocycles. The molecule has 98 valence electrons. The Balaban J connectivity index is 1.96. The van der Waals surface area contributed by atoms with Crippen molar-refractivity contribution >= 4 is 5.91 Å². The molecule has 1 saturated carbocycles. The van der Waals surface area contributed by atoms with Crippen LogP contribution in [0.4, 0.5) is 0 Å². The van der Waals surface area contributed by atoms with Crippen LogP contribution in [-0.4, -0.2) is 58.9 Å². The molecule has 2 rings (SSSR count). The summed E-state index contributed by atoms with van der Waals surface area (Å²) in [7, 11) is 1.85. The molecule has 17 heavy (non-hydrogen) atoms. The SMILES string of the molecule is CN1CC(O)C[C@@H]1C(=O)NC1(CO)CCCC1. The summed E-state index contributed by atoms with van der Waals surface area (Å²) in [4.78, 5) is 14.0. The fourth-order valence-corrected chi connectivity index (χ4v) is 3.00. The van der Waals surface area contributed by atoms with Crippen molar-refractivity contribution in [1.82, 2.24) is 10.2 Å². The van der Waals surface area contributed by atoms with Crippen molar-refractivity contribution in [3.63, 3.8) is 0 Å². The van der Waals surface area contributed by atoms with Gasteiger partial charge in [-0.2, -0.15) is 0 Å². The molecule has 2 aliphatic rings. The van der Waals surface area contributed by atoms with Gasteiger partial charge >= 0.3 is 0 Å². The van der Waals surface area contributed by atoms with Crippen molar-refractivity contribution in [3.8, 4) is 0 Å². The lowest BCUT2D eigenvalue weighted by molar-refractivity contribution is -0.127. The van der Waals surface area contributed by atoms with E-state index in [1.54, 1.807) is 0 Å². The highest BCUT2D eigenvalue weighted by Crippen LogP contribution is 2.29. The van der Waals surface area contributed by atoms with E-state index in [4.69, 9.17) is 0 Å². The number of carbonyl (C=O) groups is 1. The minimum absolute atomic E-state index is 0.0116. The molecule has 5 nitrogen and oxygen atoms in total. The van der Waals surface area contributed by atoms with Crippen LogP contribution in [0.15, 0.2) is 0 Å². The molecular weight excluding hydrogens is 220 g/mol. The van der Waals surface area contributed by atoms with Gasteiger partial charge in [-0.15, -0.1) is 0 Å². The Hall–Kier alpha value is -0.650. The van der Waals surface area contributed by atoms with Crippen molar-refractivity contribution < 1.29 is 15.0 Å². The molecule has 2 fully saturated rings. The second-order valence-electron chi connectivity index (χ2n) is 5.48. The summed E-state index contributed by atoms with van der Waals surface area (Å²) in [5.74, 6) is -0.0556. The van der Waals surface area contributed by atoms with Crippen LogP contribution in [0.5, 0.6) is 0 Å². The first-order valence-electron chi connectivity index (χ1n) is 6.37. The molecule has 0 radical (unpaired) electrons. The van der Waals surface area contributed by atoms with E-state index < -0.39 is 11.6 Å². The standard InChI is InChI=1S/C12H22N2O3/c1-14-7-9(16)6-10(14)11(17)13-12(8-15)4-2-3-5-12/h9-10,15-16H,2-8H2,1H3,(H,13,17)/t9?,10-/m1/s1. The van der Waals surface area contributed by atoms with Crippen LogP contribution >= 0.6 is 0 Å². The van der Waals surface area contributed by atoms with Gasteiger partial charge in [-0.25, -0.2) is 0 Å². The van der Waals surface area contributed by atoms with Gasteiger partial charge in [0.15, 0.2) is 0 Å². The highest BCUT2D eigenvalue weighted by molar-refractivity contribution is 5.83. The topological polar surface area (TPSA) is 72.8 Å². The molecule has 1 aliphatic carbocycles. The molecular formula is C12H22N2O3. The van der Waals surface area contributed by atoms with E-state index in [9.17, 15) is 15.0 Å². The van der Waals surface area contributed by atoms with E-state index in [2.05, 4.69) is 5.32 Å². The third-order valence-electron chi connectivity index (χ3n) is 4.08. The predicted octanol–water partition coefficient (Wildman–Crippen LogP) is -0.527. The van der Waals surface area contributed by atoms with Gasteiger partial charge < -0.3 is 15.5 Å². The molecule has 3 N–H and O–H groups in total. The predicted molar refractivity (Wildman–Crippen MR) is 63.5 cm³/mol. The number of β-amino-alcohol motifs (C(OH)–C–C–N with tert-alkyl or cyclic N) is 1. The number of aliphatic hydroxyl groups excluding tert-OH is 2. The fourth-order valence-electron chi connectivity index (χ4n) is 3.00. The number of nitrogens with one attached hydrogen (secondary N) is 1. The Morgan fingerprint density at radius 3 is 2.59 bits per heavy atom. The molecule has 1 saturated heterocycles. The Bertz CT molecular complexity index is 289. The summed E-state index contributed by atoms with van der Waals surface area (Å²) in [6.45, 7) is 0.557. The number of hydrogen-bond acceptors (Lipinski definition) is 4. The van der Waals surface area contributed by atoms with E-state index in [1.165, 1.54) is 0 Å². The van der Waals surface area contributed by atoms with E-state index in [0.29, 0.717) is 13.0 Å². The van der Waals surface area contributed by atoms with Crippen LogP contribution in [0.2, 0.25) is 0 Å². The number of hydrogen-bond donors (Lipinski definition) is 3. The molecule has 0 aromatic carbocycles. The number of likely N-dealkylation sites (N-methyl/N-ethyl adjacent to an activating group) is 1. The molecule has 0 aromatic rings. The molecule has 0 bridgehead atoms. The van der Waals surface area contributed by atoms with Crippen molar-refractivity contribution in [1.29, 1.82) is 0 Å². The smallest absolute Gasteiger partial charge is 0.237 e. The maximum atomic E-state index is 12.1. The van der Waals surface area contributed by atoms with Crippen molar-refractivity contribution in [3.05, 3.63) is 0 Å². The van der Waals surface area contributed by atoms with Crippen LogP contribution in [0.25, 0.3) is 0 Å². The molecule has 5 heteroatoms. The lowest BCUT2D eigenvalue weighted by Crippen LogP contribution is -2.54. The van der Waals surface area contributed by atoms with Crippen molar-refractivity contribution in [2.75, 3.05) is 20.2 Å². The molecule has 1 aliphatic heterocycles. The van der Waals surface area contributed by atoms with Crippen molar-refractivity contribution in [2.45, 2.75) is 49.8 Å². The first-order valence-corrected chi connectivity index (χ1v) is 6.37. The number of carbonyl (C=O) groups excluding carboxylic acids is 1. The number of nitrogens with zero attached hydrogens (tertiary/aromatic N) is 1. The summed E-state index contributed by atoms with van der Waals surface area (Å²) in [5, 5.41) is 22.0. The molecule has 1 amide bonds.